The van der Waals surface area contributed by atoms with Crippen LogP contribution in [0.2, 0.25) is 0 Å². The van der Waals surface area contributed by atoms with Gasteiger partial charge in [0.05, 0.1) is 6.04 Å². The van der Waals surface area contributed by atoms with E-state index in [0.717, 1.165) is 26.0 Å². The fourth-order valence-electron chi connectivity index (χ4n) is 1.25. The smallest absolute Gasteiger partial charge is 0.242 e. The van der Waals surface area contributed by atoms with E-state index in [0.29, 0.717) is 18.4 Å². The van der Waals surface area contributed by atoms with Gasteiger partial charge < -0.3 is 14.5 Å². The van der Waals surface area contributed by atoms with Crippen molar-refractivity contribution in [2.75, 3.05) is 13.2 Å². The second-order valence-corrected chi connectivity index (χ2v) is 3.76. The van der Waals surface area contributed by atoms with Crippen molar-refractivity contribution in [3.63, 3.8) is 0 Å². The van der Waals surface area contributed by atoms with Gasteiger partial charge in [0, 0.05) is 6.61 Å². The third-order valence-corrected chi connectivity index (χ3v) is 2.13. The molecule has 0 saturated heterocycles. The van der Waals surface area contributed by atoms with Gasteiger partial charge in [0.25, 0.3) is 0 Å². The van der Waals surface area contributed by atoms with Gasteiger partial charge in [0.15, 0.2) is 0 Å². The number of nitrogens with one attached hydrogen (secondary N) is 1. The first-order valence-corrected chi connectivity index (χ1v) is 5.91. The molecule has 1 atom stereocenters. The highest BCUT2D eigenvalue weighted by Crippen LogP contribution is 2.10. The molecular formula is C11H21N3O2. The summed E-state index contributed by atoms with van der Waals surface area (Å²) in [7, 11) is 0. The monoisotopic (exact) mass is 227 g/mol. The van der Waals surface area contributed by atoms with Crippen LogP contribution in [-0.2, 0) is 11.3 Å². The highest BCUT2D eigenvalue weighted by atomic mass is 16.5. The van der Waals surface area contributed by atoms with Crippen molar-refractivity contribution in [2.24, 2.45) is 0 Å². The van der Waals surface area contributed by atoms with Crippen LogP contribution in [0, 0.1) is 0 Å². The third-order valence-electron chi connectivity index (χ3n) is 2.13. The predicted octanol–water partition coefficient (Wildman–Crippen LogP) is 2.06. The summed E-state index contributed by atoms with van der Waals surface area (Å²) in [6.45, 7) is 8.28. The van der Waals surface area contributed by atoms with E-state index < -0.39 is 0 Å². The molecule has 0 amide bonds. The first-order chi connectivity index (χ1) is 7.77. The molecule has 1 heterocycles. The van der Waals surface area contributed by atoms with E-state index >= 15 is 0 Å². The quantitative estimate of drug-likeness (QED) is 0.689. The van der Waals surface area contributed by atoms with E-state index in [1.807, 2.05) is 6.92 Å². The summed E-state index contributed by atoms with van der Waals surface area (Å²) in [5.74, 6) is 1.18. The van der Waals surface area contributed by atoms with Crippen LogP contribution in [-0.4, -0.2) is 23.3 Å². The maximum absolute atomic E-state index is 5.48. The van der Waals surface area contributed by atoms with Crippen molar-refractivity contribution >= 4 is 0 Å². The molecule has 1 aromatic heterocycles. The Labute approximate surface area is 96.6 Å². The van der Waals surface area contributed by atoms with Gasteiger partial charge in [0.1, 0.15) is 6.61 Å². The lowest BCUT2D eigenvalue weighted by molar-refractivity contribution is 0.102. The molecule has 0 fully saturated rings. The van der Waals surface area contributed by atoms with Gasteiger partial charge in [-0.05, 0) is 26.3 Å². The van der Waals surface area contributed by atoms with Crippen LogP contribution in [0.4, 0.5) is 0 Å². The molecule has 0 aromatic carbocycles. The van der Waals surface area contributed by atoms with Crippen LogP contribution >= 0.6 is 0 Å². The van der Waals surface area contributed by atoms with Crippen LogP contribution < -0.4 is 5.32 Å². The summed E-state index contributed by atoms with van der Waals surface area (Å²) < 4.78 is 10.8. The van der Waals surface area contributed by atoms with E-state index in [2.05, 4.69) is 29.4 Å². The van der Waals surface area contributed by atoms with E-state index in [-0.39, 0.29) is 6.04 Å². The lowest BCUT2D eigenvalue weighted by Crippen LogP contribution is -2.19. The molecule has 1 N–H and O–H groups in total. The Morgan fingerprint density at radius 1 is 1.31 bits per heavy atom. The van der Waals surface area contributed by atoms with Gasteiger partial charge >= 0.3 is 0 Å². The fraction of sp³-hybridized carbons (Fsp3) is 0.818. The minimum absolute atomic E-state index is 0.104. The lowest BCUT2D eigenvalue weighted by Gasteiger charge is -2.07. The average molecular weight is 227 g/mol. The van der Waals surface area contributed by atoms with Crippen molar-refractivity contribution in [1.29, 1.82) is 0 Å². The van der Waals surface area contributed by atoms with Gasteiger partial charge in [-0.15, -0.1) is 10.2 Å². The Kier molecular flexibility index (Phi) is 6.03. The molecule has 1 rings (SSSR count). The molecule has 0 bridgehead atoms. The lowest BCUT2D eigenvalue weighted by atomic mass is 10.3. The molecule has 0 aliphatic carbocycles. The first-order valence-electron chi connectivity index (χ1n) is 5.91. The van der Waals surface area contributed by atoms with Gasteiger partial charge in [-0.25, -0.2) is 0 Å². The Balaban J connectivity index is 2.37. The average Bonchev–Trinajstić information content (AvgIpc) is 2.75. The van der Waals surface area contributed by atoms with Crippen molar-refractivity contribution in [3.05, 3.63) is 11.8 Å². The Morgan fingerprint density at radius 2 is 2.12 bits per heavy atom. The molecule has 5 heteroatoms. The second kappa shape index (κ2) is 7.35. The van der Waals surface area contributed by atoms with Gasteiger partial charge in [-0.3, -0.25) is 0 Å². The Bertz CT molecular complexity index is 289. The number of nitrogens with zero attached hydrogens (tertiary/aromatic N) is 2. The number of hydrogen-bond acceptors (Lipinski definition) is 5. The number of ether oxygens (including phenoxy) is 1. The van der Waals surface area contributed by atoms with E-state index in [1.54, 1.807) is 0 Å². The molecule has 0 aliphatic heterocycles. The van der Waals surface area contributed by atoms with Gasteiger partial charge in [-0.2, -0.15) is 0 Å². The summed E-state index contributed by atoms with van der Waals surface area (Å²) in [5, 5.41) is 11.2. The van der Waals surface area contributed by atoms with Crippen molar-refractivity contribution in [3.8, 4) is 0 Å². The molecule has 1 unspecified atom stereocenters. The van der Waals surface area contributed by atoms with Crippen molar-refractivity contribution in [2.45, 2.75) is 46.3 Å². The van der Waals surface area contributed by atoms with E-state index in [9.17, 15) is 0 Å². The highest BCUT2D eigenvalue weighted by molar-refractivity contribution is 4.87. The van der Waals surface area contributed by atoms with Gasteiger partial charge in [0.2, 0.25) is 11.8 Å². The Morgan fingerprint density at radius 3 is 2.81 bits per heavy atom. The third kappa shape index (κ3) is 4.28. The molecule has 0 spiro atoms. The predicted molar refractivity (Wildman–Crippen MR) is 61.0 cm³/mol. The number of aromatic nitrogens is 2. The summed E-state index contributed by atoms with van der Waals surface area (Å²) >= 11 is 0. The topological polar surface area (TPSA) is 60.2 Å². The molecule has 16 heavy (non-hydrogen) atoms. The van der Waals surface area contributed by atoms with E-state index in [4.69, 9.17) is 9.15 Å². The molecule has 1 aromatic rings. The number of rotatable bonds is 8. The first kappa shape index (κ1) is 13.1. The largest absolute Gasteiger partial charge is 0.421 e. The van der Waals surface area contributed by atoms with E-state index in [1.165, 1.54) is 0 Å². The van der Waals surface area contributed by atoms with Crippen LogP contribution in [0.3, 0.4) is 0 Å². The maximum atomic E-state index is 5.48. The standard InChI is InChI=1S/C11H21N3O2/c1-4-6-12-9(3)11-14-13-10(16-11)8-15-7-5-2/h9,12H,4-8H2,1-3H3. The van der Waals surface area contributed by atoms with Crippen molar-refractivity contribution < 1.29 is 9.15 Å². The fourth-order valence-corrected chi connectivity index (χ4v) is 1.25. The van der Waals surface area contributed by atoms with Crippen LogP contribution in [0.15, 0.2) is 4.42 Å². The molecule has 5 nitrogen and oxygen atoms in total. The SMILES string of the molecule is CCCNC(C)c1nnc(COCCC)o1. The second-order valence-electron chi connectivity index (χ2n) is 3.76. The summed E-state index contributed by atoms with van der Waals surface area (Å²) in [6, 6.07) is 0.104. The minimum atomic E-state index is 0.104. The normalized spacial score (nSPS) is 12.9. The molecule has 0 saturated carbocycles. The summed E-state index contributed by atoms with van der Waals surface area (Å²) in [6.07, 6.45) is 2.08. The zero-order valence-corrected chi connectivity index (χ0v) is 10.3. The van der Waals surface area contributed by atoms with Crippen molar-refractivity contribution in [1.82, 2.24) is 15.5 Å². The molecule has 0 aliphatic rings. The Hall–Kier alpha value is -0.940. The minimum Gasteiger partial charge on any atom is -0.421 e. The number of hydrogen-bond donors (Lipinski definition) is 1. The van der Waals surface area contributed by atoms with Crippen LogP contribution in [0.25, 0.3) is 0 Å². The van der Waals surface area contributed by atoms with Gasteiger partial charge in [-0.1, -0.05) is 13.8 Å². The summed E-state index contributed by atoms with van der Waals surface area (Å²) in [5.41, 5.74) is 0. The zero-order chi connectivity index (χ0) is 11.8. The summed E-state index contributed by atoms with van der Waals surface area (Å²) in [4.78, 5) is 0. The molecule has 92 valence electrons. The molecular weight excluding hydrogens is 206 g/mol. The van der Waals surface area contributed by atoms with Crippen LogP contribution in [0.5, 0.6) is 0 Å². The highest BCUT2D eigenvalue weighted by Gasteiger charge is 2.12. The van der Waals surface area contributed by atoms with Crippen LogP contribution in [0.1, 0.15) is 51.4 Å². The zero-order valence-electron chi connectivity index (χ0n) is 10.3. The maximum Gasteiger partial charge on any atom is 0.242 e. The molecule has 0 radical (unpaired) electrons.